The van der Waals surface area contributed by atoms with Gasteiger partial charge in [0.2, 0.25) is 0 Å². The molecule has 0 unspecified atom stereocenters. The maximum absolute atomic E-state index is 13.9. The van der Waals surface area contributed by atoms with Crippen LogP contribution in [0.5, 0.6) is 0 Å². The smallest absolute Gasteiger partial charge is 0.145 e. The lowest BCUT2D eigenvalue weighted by Gasteiger charge is -2.42. The summed E-state index contributed by atoms with van der Waals surface area (Å²) in [4.78, 5) is 8.58. The maximum Gasteiger partial charge on any atom is 0.145 e. The lowest BCUT2D eigenvalue weighted by atomic mass is 9.89. The van der Waals surface area contributed by atoms with Gasteiger partial charge < -0.3 is 4.90 Å². The summed E-state index contributed by atoms with van der Waals surface area (Å²) in [6.45, 7) is 6.97. The monoisotopic (exact) mass is 357 g/mol. The Balaban J connectivity index is 1.52. The van der Waals surface area contributed by atoms with E-state index in [1.807, 2.05) is 6.07 Å². The molecule has 4 rings (SSSR count). The highest BCUT2D eigenvalue weighted by atomic mass is 19.1. The van der Waals surface area contributed by atoms with Crippen molar-refractivity contribution in [2.75, 3.05) is 18.0 Å². The molecule has 2 aliphatic rings. The van der Waals surface area contributed by atoms with Gasteiger partial charge in [-0.05, 0) is 56.9 Å². The fourth-order valence-electron chi connectivity index (χ4n) is 4.91. The molecule has 0 spiro atoms. The summed E-state index contributed by atoms with van der Waals surface area (Å²) in [7, 11) is 0. The van der Waals surface area contributed by atoms with E-state index >= 15 is 0 Å². The predicted molar refractivity (Wildman–Crippen MR) is 98.9 cm³/mol. The van der Waals surface area contributed by atoms with Crippen LogP contribution in [-0.2, 0) is 6.54 Å². The fourth-order valence-corrected chi connectivity index (χ4v) is 4.91. The average molecular weight is 357 g/mol. The van der Waals surface area contributed by atoms with Crippen LogP contribution >= 0.6 is 0 Å². The number of anilines is 1. The Bertz CT molecular complexity index is 792. The van der Waals surface area contributed by atoms with E-state index in [1.54, 1.807) is 24.4 Å². The van der Waals surface area contributed by atoms with Crippen molar-refractivity contribution >= 4 is 5.69 Å². The molecule has 0 aliphatic carbocycles. The van der Waals surface area contributed by atoms with Crippen molar-refractivity contribution in [1.82, 2.24) is 9.88 Å². The highest BCUT2D eigenvalue weighted by Crippen LogP contribution is 2.44. The molecule has 1 aromatic carbocycles. The van der Waals surface area contributed by atoms with E-state index in [-0.39, 0.29) is 17.2 Å². The second-order valence-corrected chi connectivity index (χ2v) is 8.18. The summed E-state index contributed by atoms with van der Waals surface area (Å²) in [5.74, 6) is 0.0852. The minimum Gasteiger partial charge on any atom is -0.363 e. The summed E-state index contributed by atoms with van der Waals surface area (Å²) in [5, 5.41) is 0. The first-order chi connectivity index (χ1) is 12.4. The number of halogens is 2. The second-order valence-electron chi connectivity index (χ2n) is 8.18. The van der Waals surface area contributed by atoms with Gasteiger partial charge in [0.05, 0.1) is 6.20 Å². The molecule has 0 amide bonds. The lowest BCUT2D eigenvalue weighted by molar-refractivity contribution is 0.159. The first-order valence-electron chi connectivity index (χ1n) is 9.30. The zero-order valence-corrected chi connectivity index (χ0v) is 15.3. The Morgan fingerprint density at radius 3 is 2.85 bits per heavy atom. The van der Waals surface area contributed by atoms with E-state index in [0.717, 1.165) is 31.6 Å². The number of hydrogen-bond acceptors (Lipinski definition) is 3. The molecule has 2 aromatic rings. The van der Waals surface area contributed by atoms with Crippen LogP contribution in [0.4, 0.5) is 14.5 Å². The van der Waals surface area contributed by atoms with Gasteiger partial charge in [-0.15, -0.1) is 0 Å². The second kappa shape index (κ2) is 6.62. The van der Waals surface area contributed by atoms with Gasteiger partial charge in [0, 0.05) is 48.7 Å². The third kappa shape index (κ3) is 3.20. The van der Waals surface area contributed by atoms with E-state index in [4.69, 9.17) is 0 Å². The van der Waals surface area contributed by atoms with Crippen molar-refractivity contribution in [2.24, 2.45) is 5.92 Å². The largest absolute Gasteiger partial charge is 0.363 e. The van der Waals surface area contributed by atoms with Crippen LogP contribution < -0.4 is 4.90 Å². The molecule has 0 radical (unpaired) electrons. The maximum atomic E-state index is 13.9. The van der Waals surface area contributed by atoms with Gasteiger partial charge in [0.25, 0.3) is 0 Å². The Morgan fingerprint density at radius 2 is 2.08 bits per heavy atom. The van der Waals surface area contributed by atoms with Crippen molar-refractivity contribution in [3.63, 3.8) is 0 Å². The van der Waals surface area contributed by atoms with Crippen molar-refractivity contribution in [3.8, 4) is 0 Å². The van der Waals surface area contributed by atoms with Crippen molar-refractivity contribution in [2.45, 2.75) is 44.8 Å². The van der Waals surface area contributed by atoms with Gasteiger partial charge in [-0.25, -0.2) is 8.78 Å². The number of benzene rings is 1. The number of piperidine rings is 1. The first kappa shape index (κ1) is 17.4. The Hall–Kier alpha value is -2.01. The number of nitrogens with zero attached hydrogens (tertiary/aromatic N) is 3. The highest BCUT2D eigenvalue weighted by molar-refractivity contribution is 5.52. The number of aromatic nitrogens is 1. The molecule has 1 aromatic heterocycles. The van der Waals surface area contributed by atoms with E-state index < -0.39 is 0 Å². The van der Waals surface area contributed by atoms with E-state index in [1.165, 1.54) is 12.3 Å². The molecule has 0 saturated carbocycles. The SMILES string of the molecule is CC1(C)C[C@@H]2CN(Cc3ccncc3F)CC[C@@H]2N1c1cccc(F)c1. The fraction of sp³-hybridized carbons (Fsp3) is 0.476. The Labute approximate surface area is 153 Å². The van der Waals surface area contributed by atoms with Crippen molar-refractivity contribution in [1.29, 1.82) is 0 Å². The minimum atomic E-state index is -0.234. The van der Waals surface area contributed by atoms with Gasteiger partial charge >= 0.3 is 0 Å². The summed E-state index contributed by atoms with van der Waals surface area (Å²) in [6.07, 6.45) is 5.00. The summed E-state index contributed by atoms with van der Waals surface area (Å²) in [6, 6.07) is 9.10. The molecule has 5 heteroatoms. The quantitative estimate of drug-likeness (QED) is 0.819. The molecule has 3 heterocycles. The molecule has 2 saturated heterocycles. The number of fused-ring (bicyclic) bond motifs is 1. The van der Waals surface area contributed by atoms with Gasteiger partial charge in [-0.2, -0.15) is 0 Å². The third-order valence-corrected chi connectivity index (χ3v) is 5.86. The van der Waals surface area contributed by atoms with E-state index in [9.17, 15) is 8.78 Å². The average Bonchev–Trinajstić information content (AvgIpc) is 2.86. The van der Waals surface area contributed by atoms with Crippen LogP contribution in [0.1, 0.15) is 32.3 Å². The first-order valence-corrected chi connectivity index (χ1v) is 9.30. The molecule has 26 heavy (non-hydrogen) atoms. The standard InChI is InChI=1S/C21H25F2N3/c1-21(2)11-16-14-25(13-15-6-8-24-12-19(15)23)9-7-20(16)26(21)18-5-3-4-17(22)10-18/h3-6,8,10,12,16,20H,7,9,11,13-14H2,1-2H3/t16-,20+/m1/s1. The number of hydrogen-bond donors (Lipinski definition) is 0. The van der Waals surface area contributed by atoms with Crippen LogP contribution in [0, 0.1) is 17.6 Å². The van der Waals surface area contributed by atoms with Crippen LogP contribution in [0.2, 0.25) is 0 Å². The topological polar surface area (TPSA) is 19.4 Å². The van der Waals surface area contributed by atoms with Crippen LogP contribution in [-0.4, -0.2) is 34.6 Å². The van der Waals surface area contributed by atoms with E-state index in [0.29, 0.717) is 24.1 Å². The summed E-state index contributed by atoms with van der Waals surface area (Å²) < 4.78 is 27.7. The predicted octanol–water partition coefficient (Wildman–Crippen LogP) is 4.24. The molecular formula is C21H25F2N3. The Morgan fingerprint density at radius 1 is 1.23 bits per heavy atom. The highest BCUT2D eigenvalue weighted by Gasteiger charge is 2.48. The molecule has 3 nitrogen and oxygen atoms in total. The molecule has 2 atom stereocenters. The lowest BCUT2D eigenvalue weighted by Crippen LogP contribution is -2.48. The van der Waals surface area contributed by atoms with Crippen LogP contribution in [0.15, 0.2) is 42.7 Å². The van der Waals surface area contributed by atoms with Crippen molar-refractivity contribution < 1.29 is 8.78 Å². The van der Waals surface area contributed by atoms with Gasteiger partial charge in [-0.3, -0.25) is 9.88 Å². The molecular weight excluding hydrogens is 332 g/mol. The summed E-state index contributed by atoms with van der Waals surface area (Å²) >= 11 is 0. The van der Waals surface area contributed by atoms with Crippen LogP contribution in [0.3, 0.4) is 0 Å². The number of pyridine rings is 1. The minimum absolute atomic E-state index is 0.0128. The zero-order chi connectivity index (χ0) is 18.3. The van der Waals surface area contributed by atoms with Crippen LogP contribution in [0.25, 0.3) is 0 Å². The van der Waals surface area contributed by atoms with Gasteiger partial charge in [-0.1, -0.05) is 6.07 Å². The zero-order valence-electron chi connectivity index (χ0n) is 15.3. The molecule has 138 valence electrons. The molecule has 2 aliphatic heterocycles. The van der Waals surface area contributed by atoms with Gasteiger partial charge in [0.1, 0.15) is 11.6 Å². The normalized spacial score (nSPS) is 25.3. The molecule has 0 bridgehead atoms. The molecule has 0 N–H and O–H groups in total. The Kier molecular flexibility index (Phi) is 4.43. The summed E-state index contributed by atoms with van der Waals surface area (Å²) in [5.41, 5.74) is 1.66. The third-order valence-electron chi connectivity index (χ3n) is 5.86. The number of likely N-dealkylation sites (tertiary alicyclic amines) is 1. The van der Waals surface area contributed by atoms with Crippen molar-refractivity contribution in [3.05, 3.63) is 59.9 Å². The van der Waals surface area contributed by atoms with Gasteiger partial charge in [0.15, 0.2) is 0 Å². The van der Waals surface area contributed by atoms with E-state index in [2.05, 4.69) is 28.6 Å². The molecule has 2 fully saturated rings. The number of rotatable bonds is 3.